The van der Waals surface area contributed by atoms with Gasteiger partial charge < -0.3 is 14.6 Å². The van der Waals surface area contributed by atoms with Gasteiger partial charge in [-0.2, -0.15) is 0 Å². The van der Waals surface area contributed by atoms with Crippen LogP contribution in [0.1, 0.15) is 38.4 Å². The molecule has 4 nitrogen and oxygen atoms in total. The lowest BCUT2D eigenvalue weighted by Crippen LogP contribution is -2.45. The van der Waals surface area contributed by atoms with E-state index in [-0.39, 0.29) is 6.03 Å². The Bertz CT molecular complexity index is 616. The van der Waals surface area contributed by atoms with Crippen LogP contribution in [-0.2, 0) is 6.54 Å². The molecule has 1 N–H and O–H groups in total. The van der Waals surface area contributed by atoms with E-state index >= 15 is 0 Å². The maximum atomic E-state index is 12.3. The van der Waals surface area contributed by atoms with E-state index in [4.69, 9.17) is 4.42 Å². The molecule has 3 rings (SSSR count). The number of hydrogen-bond acceptors (Lipinski definition) is 2. The first-order valence-corrected chi connectivity index (χ1v) is 8.11. The largest absolute Gasteiger partial charge is 0.459 e. The summed E-state index contributed by atoms with van der Waals surface area (Å²) in [5.74, 6) is 1.50. The van der Waals surface area contributed by atoms with Gasteiger partial charge in [-0.1, -0.05) is 38.0 Å². The first-order valence-electron chi connectivity index (χ1n) is 8.11. The highest BCUT2D eigenvalue weighted by molar-refractivity contribution is 5.78. The lowest BCUT2D eigenvalue weighted by Gasteiger charge is -2.34. The highest BCUT2D eigenvalue weighted by Gasteiger charge is 2.25. The molecule has 0 radical (unpaired) electrons. The Morgan fingerprint density at radius 3 is 2.95 bits per heavy atom. The Balaban J connectivity index is 1.57. The number of nitrogens with one attached hydrogen (secondary N) is 1. The molecule has 2 unspecified atom stereocenters. The van der Waals surface area contributed by atoms with Crippen LogP contribution in [0.3, 0.4) is 0 Å². The van der Waals surface area contributed by atoms with Gasteiger partial charge in [-0.05, 0) is 30.9 Å². The zero-order chi connectivity index (χ0) is 15.5. The lowest BCUT2D eigenvalue weighted by molar-refractivity contribution is 0.159. The van der Waals surface area contributed by atoms with Crippen LogP contribution < -0.4 is 5.32 Å². The SMILES string of the molecule is CC1CCCC(N(C)C(=O)NCc2cc3ccccc3o2)C1. The van der Waals surface area contributed by atoms with Gasteiger partial charge in [0.05, 0.1) is 6.54 Å². The Kier molecular flexibility index (Phi) is 4.36. The summed E-state index contributed by atoms with van der Waals surface area (Å²) in [7, 11) is 1.90. The van der Waals surface area contributed by atoms with Gasteiger partial charge in [-0.25, -0.2) is 4.79 Å². The van der Waals surface area contributed by atoms with Crippen LogP contribution in [0.25, 0.3) is 11.0 Å². The maximum Gasteiger partial charge on any atom is 0.317 e. The van der Waals surface area contributed by atoms with E-state index in [1.807, 2.05) is 42.3 Å². The molecular weight excluding hydrogens is 276 g/mol. The van der Waals surface area contributed by atoms with Gasteiger partial charge >= 0.3 is 6.03 Å². The average Bonchev–Trinajstić information content (AvgIpc) is 2.94. The molecule has 4 heteroatoms. The van der Waals surface area contributed by atoms with Crippen LogP contribution in [0.5, 0.6) is 0 Å². The van der Waals surface area contributed by atoms with E-state index in [1.54, 1.807) is 0 Å². The summed E-state index contributed by atoms with van der Waals surface area (Å²) in [5, 5.41) is 4.04. The van der Waals surface area contributed by atoms with Crippen molar-refractivity contribution in [3.05, 3.63) is 36.1 Å². The second kappa shape index (κ2) is 6.42. The number of urea groups is 1. The molecule has 0 spiro atoms. The normalized spacial score (nSPS) is 21.7. The molecule has 1 aliphatic rings. The van der Waals surface area contributed by atoms with Gasteiger partial charge in [0.2, 0.25) is 0 Å². The van der Waals surface area contributed by atoms with E-state index in [0.717, 1.165) is 29.6 Å². The molecule has 0 saturated heterocycles. The van der Waals surface area contributed by atoms with Crippen LogP contribution in [-0.4, -0.2) is 24.0 Å². The smallest absolute Gasteiger partial charge is 0.317 e. The number of rotatable bonds is 3. The molecule has 2 amide bonds. The van der Waals surface area contributed by atoms with Crippen molar-refractivity contribution >= 4 is 17.0 Å². The number of furan rings is 1. The Hall–Kier alpha value is -1.97. The maximum absolute atomic E-state index is 12.3. The second-order valence-electron chi connectivity index (χ2n) is 6.45. The van der Waals surface area contributed by atoms with Gasteiger partial charge in [-0.3, -0.25) is 0 Å². The molecule has 1 aliphatic carbocycles. The Labute approximate surface area is 131 Å². The zero-order valence-electron chi connectivity index (χ0n) is 13.3. The van der Waals surface area contributed by atoms with Gasteiger partial charge in [0.25, 0.3) is 0 Å². The number of benzene rings is 1. The van der Waals surface area contributed by atoms with E-state index in [2.05, 4.69) is 12.2 Å². The van der Waals surface area contributed by atoms with E-state index in [0.29, 0.717) is 18.5 Å². The second-order valence-corrected chi connectivity index (χ2v) is 6.45. The fraction of sp³-hybridized carbons (Fsp3) is 0.500. The van der Waals surface area contributed by atoms with Gasteiger partial charge in [0.15, 0.2) is 0 Å². The van der Waals surface area contributed by atoms with Crippen molar-refractivity contribution in [2.45, 2.75) is 45.2 Å². The third-order valence-electron chi connectivity index (χ3n) is 4.67. The topological polar surface area (TPSA) is 45.5 Å². The van der Waals surface area contributed by atoms with Gasteiger partial charge in [0.1, 0.15) is 11.3 Å². The number of para-hydroxylation sites is 1. The number of amides is 2. The Morgan fingerprint density at radius 2 is 2.18 bits per heavy atom. The number of carbonyl (C=O) groups excluding carboxylic acids is 1. The summed E-state index contributed by atoms with van der Waals surface area (Å²) in [4.78, 5) is 14.2. The molecule has 2 aromatic rings. The zero-order valence-corrected chi connectivity index (χ0v) is 13.3. The predicted octanol–water partition coefficient (Wildman–Crippen LogP) is 4.15. The molecule has 1 saturated carbocycles. The van der Waals surface area contributed by atoms with Crippen molar-refractivity contribution in [3.8, 4) is 0 Å². The molecular formula is C18H24N2O2. The number of fused-ring (bicyclic) bond motifs is 1. The number of carbonyl (C=O) groups is 1. The molecule has 118 valence electrons. The fourth-order valence-electron chi connectivity index (χ4n) is 3.33. The first-order chi connectivity index (χ1) is 10.6. The minimum Gasteiger partial charge on any atom is -0.459 e. The van der Waals surface area contributed by atoms with Crippen LogP contribution >= 0.6 is 0 Å². The summed E-state index contributed by atoms with van der Waals surface area (Å²) >= 11 is 0. The molecule has 22 heavy (non-hydrogen) atoms. The summed E-state index contributed by atoms with van der Waals surface area (Å²) in [5.41, 5.74) is 0.862. The molecule has 1 aromatic carbocycles. The fourth-order valence-corrected chi connectivity index (χ4v) is 3.33. The van der Waals surface area contributed by atoms with Crippen molar-refractivity contribution < 1.29 is 9.21 Å². The van der Waals surface area contributed by atoms with Crippen LogP contribution in [0.4, 0.5) is 4.79 Å². The predicted molar refractivity (Wildman–Crippen MR) is 87.6 cm³/mol. The van der Waals surface area contributed by atoms with Crippen LogP contribution in [0.15, 0.2) is 34.7 Å². The quantitative estimate of drug-likeness (QED) is 0.925. The number of nitrogens with zero attached hydrogens (tertiary/aromatic N) is 1. The highest BCUT2D eigenvalue weighted by atomic mass is 16.3. The third kappa shape index (κ3) is 3.26. The van der Waals surface area contributed by atoms with Crippen molar-refractivity contribution in [1.29, 1.82) is 0 Å². The van der Waals surface area contributed by atoms with Crippen LogP contribution in [0, 0.1) is 5.92 Å². The van der Waals surface area contributed by atoms with Gasteiger partial charge in [0, 0.05) is 18.5 Å². The summed E-state index contributed by atoms with van der Waals surface area (Å²) in [6, 6.07) is 10.2. The van der Waals surface area contributed by atoms with Crippen molar-refractivity contribution in [1.82, 2.24) is 10.2 Å². The van der Waals surface area contributed by atoms with Crippen molar-refractivity contribution in [2.24, 2.45) is 5.92 Å². The molecule has 0 bridgehead atoms. The molecule has 2 atom stereocenters. The van der Waals surface area contributed by atoms with Crippen molar-refractivity contribution in [2.75, 3.05) is 7.05 Å². The molecule has 0 aliphatic heterocycles. The summed E-state index contributed by atoms with van der Waals surface area (Å²) in [6.45, 7) is 2.70. The van der Waals surface area contributed by atoms with E-state index in [9.17, 15) is 4.79 Å². The minimum atomic E-state index is -0.0143. The van der Waals surface area contributed by atoms with E-state index < -0.39 is 0 Å². The van der Waals surface area contributed by atoms with Gasteiger partial charge in [-0.15, -0.1) is 0 Å². The molecule has 1 aromatic heterocycles. The standard InChI is InChI=1S/C18H24N2O2/c1-13-6-5-8-15(10-13)20(2)18(21)19-12-16-11-14-7-3-4-9-17(14)22-16/h3-4,7,9,11,13,15H,5-6,8,10,12H2,1-2H3,(H,19,21). The van der Waals surface area contributed by atoms with E-state index in [1.165, 1.54) is 12.8 Å². The Morgan fingerprint density at radius 1 is 1.36 bits per heavy atom. The average molecular weight is 300 g/mol. The number of hydrogen-bond donors (Lipinski definition) is 1. The molecule has 1 heterocycles. The third-order valence-corrected chi connectivity index (χ3v) is 4.67. The van der Waals surface area contributed by atoms with Crippen molar-refractivity contribution in [3.63, 3.8) is 0 Å². The summed E-state index contributed by atoms with van der Waals surface area (Å²) in [6.07, 6.45) is 4.71. The molecule has 1 fully saturated rings. The van der Waals surface area contributed by atoms with Crippen LogP contribution in [0.2, 0.25) is 0 Å². The summed E-state index contributed by atoms with van der Waals surface area (Å²) < 4.78 is 5.73. The minimum absolute atomic E-state index is 0.0143. The highest BCUT2D eigenvalue weighted by Crippen LogP contribution is 2.26. The first kappa shape index (κ1) is 14.9. The monoisotopic (exact) mass is 300 g/mol. The lowest BCUT2D eigenvalue weighted by atomic mass is 9.86.